The van der Waals surface area contributed by atoms with Gasteiger partial charge in [0.15, 0.2) is 17.7 Å². The van der Waals surface area contributed by atoms with Crippen LogP contribution < -0.4 is 5.32 Å². The molecular weight excluding hydrogens is 400 g/mol. The predicted octanol–water partition coefficient (Wildman–Crippen LogP) is 5.47. The van der Waals surface area contributed by atoms with Crippen molar-refractivity contribution in [2.24, 2.45) is 0 Å². The molecule has 0 unspecified atom stereocenters. The minimum atomic E-state index is -1.24. The summed E-state index contributed by atoms with van der Waals surface area (Å²) in [6, 6.07) is 17.9. The Morgan fingerprint density at radius 2 is 1.59 bits per heavy atom. The molecule has 0 bridgehead atoms. The van der Waals surface area contributed by atoms with E-state index in [0.717, 1.165) is 11.1 Å². The third kappa shape index (κ3) is 4.78. The number of amides is 1. The van der Waals surface area contributed by atoms with E-state index in [9.17, 15) is 18.4 Å². The Bertz CT molecular complexity index is 1060. The van der Waals surface area contributed by atoms with E-state index >= 15 is 0 Å². The number of carbonyl (C=O) groups excluding carboxylic acids is 2. The zero-order chi connectivity index (χ0) is 21.0. The highest BCUT2D eigenvalue weighted by atomic mass is 35.5. The lowest BCUT2D eigenvalue weighted by molar-refractivity contribution is -0.123. The molecule has 148 valence electrons. The van der Waals surface area contributed by atoms with Gasteiger partial charge in [-0.2, -0.15) is 0 Å². The van der Waals surface area contributed by atoms with Gasteiger partial charge in [0.25, 0.3) is 5.91 Å². The maximum atomic E-state index is 13.4. The van der Waals surface area contributed by atoms with Crippen LogP contribution in [-0.4, -0.2) is 18.0 Å². The fourth-order valence-electron chi connectivity index (χ4n) is 2.65. The maximum Gasteiger partial charge on any atom is 0.340 e. The van der Waals surface area contributed by atoms with Crippen LogP contribution in [0.5, 0.6) is 0 Å². The van der Waals surface area contributed by atoms with Crippen molar-refractivity contribution in [1.82, 2.24) is 0 Å². The van der Waals surface area contributed by atoms with E-state index in [1.54, 1.807) is 12.1 Å². The van der Waals surface area contributed by atoms with Crippen molar-refractivity contribution in [2.45, 2.75) is 13.0 Å². The van der Waals surface area contributed by atoms with Crippen molar-refractivity contribution < 1.29 is 23.1 Å². The van der Waals surface area contributed by atoms with Crippen LogP contribution in [0.15, 0.2) is 66.7 Å². The van der Waals surface area contributed by atoms with Gasteiger partial charge < -0.3 is 10.1 Å². The number of para-hydroxylation sites is 1. The zero-order valence-corrected chi connectivity index (χ0v) is 16.0. The maximum absolute atomic E-state index is 13.4. The number of benzene rings is 3. The summed E-state index contributed by atoms with van der Waals surface area (Å²) in [6.07, 6.45) is -1.20. The van der Waals surface area contributed by atoms with E-state index in [2.05, 4.69) is 5.32 Å². The number of hydrogen-bond donors (Lipinski definition) is 1. The van der Waals surface area contributed by atoms with Crippen molar-refractivity contribution in [2.75, 3.05) is 5.32 Å². The summed E-state index contributed by atoms with van der Waals surface area (Å²) in [5, 5.41) is 2.41. The van der Waals surface area contributed by atoms with Crippen LogP contribution in [-0.2, 0) is 9.53 Å². The second-order valence-corrected chi connectivity index (χ2v) is 6.60. The lowest BCUT2D eigenvalue weighted by atomic mass is 10.0. The van der Waals surface area contributed by atoms with Gasteiger partial charge in [0.05, 0.1) is 10.6 Å². The molecule has 0 aliphatic rings. The molecule has 0 fully saturated rings. The third-order valence-electron chi connectivity index (χ3n) is 4.15. The van der Waals surface area contributed by atoms with Gasteiger partial charge in [0, 0.05) is 11.3 Å². The summed E-state index contributed by atoms with van der Waals surface area (Å²) < 4.78 is 31.6. The Balaban J connectivity index is 1.74. The van der Waals surface area contributed by atoms with Gasteiger partial charge in [0.2, 0.25) is 0 Å². The molecule has 0 spiro atoms. The largest absolute Gasteiger partial charge is 0.449 e. The lowest BCUT2D eigenvalue weighted by Gasteiger charge is -2.16. The SMILES string of the molecule is C[C@@H](OC(=O)c1cc(F)c(F)cc1Cl)C(=O)Nc1ccccc1-c1ccccc1. The molecule has 29 heavy (non-hydrogen) atoms. The Kier molecular flexibility index (Phi) is 6.24. The molecule has 0 saturated heterocycles. The smallest absolute Gasteiger partial charge is 0.340 e. The molecule has 7 heteroatoms. The molecule has 0 saturated carbocycles. The van der Waals surface area contributed by atoms with Crippen LogP contribution in [0.3, 0.4) is 0 Å². The van der Waals surface area contributed by atoms with Crippen molar-refractivity contribution in [3.8, 4) is 11.1 Å². The molecule has 0 aliphatic carbocycles. The highest BCUT2D eigenvalue weighted by Crippen LogP contribution is 2.28. The zero-order valence-electron chi connectivity index (χ0n) is 15.3. The molecule has 0 heterocycles. The molecule has 1 N–H and O–H groups in total. The monoisotopic (exact) mass is 415 g/mol. The number of nitrogens with one attached hydrogen (secondary N) is 1. The van der Waals surface area contributed by atoms with E-state index < -0.39 is 29.6 Å². The fraction of sp³-hybridized carbons (Fsp3) is 0.0909. The average Bonchev–Trinajstić information content (AvgIpc) is 2.71. The number of carbonyl (C=O) groups is 2. The van der Waals surface area contributed by atoms with Gasteiger partial charge in [-0.15, -0.1) is 0 Å². The van der Waals surface area contributed by atoms with Gasteiger partial charge in [-0.3, -0.25) is 4.79 Å². The molecule has 0 aliphatic heterocycles. The lowest BCUT2D eigenvalue weighted by Crippen LogP contribution is -2.30. The first kappa shape index (κ1) is 20.5. The first-order valence-electron chi connectivity index (χ1n) is 8.67. The minimum absolute atomic E-state index is 0.309. The summed E-state index contributed by atoms with van der Waals surface area (Å²) in [6.45, 7) is 1.37. The second-order valence-electron chi connectivity index (χ2n) is 6.19. The van der Waals surface area contributed by atoms with Gasteiger partial charge in [-0.1, -0.05) is 60.1 Å². The van der Waals surface area contributed by atoms with E-state index in [-0.39, 0.29) is 10.6 Å². The van der Waals surface area contributed by atoms with E-state index in [1.807, 2.05) is 42.5 Å². The summed E-state index contributed by atoms with van der Waals surface area (Å²) in [5.41, 5.74) is 1.87. The molecule has 0 radical (unpaired) electrons. The number of hydrogen-bond acceptors (Lipinski definition) is 3. The Morgan fingerprint density at radius 3 is 2.31 bits per heavy atom. The van der Waals surface area contributed by atoms with Crippen molar-refractivity contribution >= 4 is 29.2 Å². The Morgan fingerprint density at radius 1 is 0.966 bits per heavy atom. The van der Waals surface area contributed by atoms with Gasteiger partial charge in [-0.25, -0.2) is 13.6 Å². The van der Waals surface area contributed by atoms with Crippen LogP contribution in [0.25, 0.3) is 11.1 Å². The van der Waals surface area contributed by atoms with E-state index in [4.69, 9.17) is 16.3 Å². The molecule has 0 aromatic heterocycles. The van der Waals surface area contributed by atoms with Crippen LogP contribution >= 0.6 is 11.6 Å². The first-order valence-corrected chi connectivity index (χ1v) is 9.05. The topological polar surface area (TPSA) is 55.4 Å². The Hall–Kier alpha value is -3.25. The summed E-state index contributed by atoms with van der Waals surface area (Å²) in [7, 11) is 0. The van der Waals surface area contributed by atoms with Gasteiger partial charge >= 0.3 is 5.97 Å². The molecule has 3 aromatic carbocycles. The number of esters is 1. The molecule has 1 amide bonds. The normalized spacial score (nSPS) is 11.6. The highest BCUT2D eigenvalue weighted by molar-refractivity contribution is 6.33. The second kappa shape index (κ2) is 8.84. The first-order chi connectivity index (χ1) is 13.9. The van der Waals surface area contributed by atoms with E-state index in [0.29, 0.717) is 17.8 Å². The van der Waals surface area contributed by atoms with Crippen molar-refractivity contribution in [1.29, 1.82) is 0 Å². The predicted molar refractivity (Wildman–Crippen MR) is 107 cm³/mol. The molecule has 1 atom stereocenters. The number of rotatable bonds is 5. The molecule has 4 nitrogen and oxygen atoms in total. The van der Waals surface area contributed by atoms with Crippen LogP contribution in [0.1, 0.15) is 17.3 Å². The number of anilines is 1. The van der Waals surface area contributed by atoms with Crippen LogP contribution in [0, 0.1) is 11.6 Å². The number of halogens is 3. The third-order valence-corrected chi connectivity index (χ3v) is 4.47. The van der Waals surface area contributed by atoms with Gasteiger partial charge in [-0.05, 0) is 30.7 Å². The molecule has 3 rings (SSSR count). The molecular formula is C22H16ClF2NO3. The summed E-state index contributed by atoms with van der Waals surface area (Å²) in [4.78, 5) is 24.7. The standard InChI is InChI=1S/C22H16ClF2NO3/c1-13(29-22(28)16-11-18(24)19(25)12-17(16)23)21(27)26-20-10-6-5-9-15(20)14-7-3-2-4-8-14/h2-13H,1H3,(H,26,27)/t13-/m1/s1. The van der Waals surface area contributed by atoms with Crippen molar-refractivity contribution in [3.63, 3.8) is 0 Å². The highest BCUT2D eigenvalue weighted by Gasteiger charge is 2.23. The minimum Gasteiger partial charge on any atom is -0.449 e. The van der Waals surface area contributed by atoms with Crippen molar-refractivity contribution in [3.05, 3.63) is 89.0 Å². The van der Waals surface area contributed by atoms with Crippen LogP contribution in [0.4, 0.5) is 14.5 Å². The van der Waals surface area contributed by atoms with E-state index in [1.165, 1.54) is 6.92 Å². The average molecular weight is 416 g/mol. The molecule has 3 aromatic rings. The Labute approximate surface area is 171 Å². The quantitative estimate of drug-likeness (QED) is 0.444. The summed E-state index contributed by atoms with van der Waals surface area (Å²) >= 11 is 5.77. The number of ether oxygens (including phenoxy) is 1. The van der Waals surface area contributed by atoms with Gasteiger partial charge in [0.1, 0.15) is 0 Å². The summed E-state index contributed by atoms with van der Waals surface area (Å²) in [5.74, 6) is -4.04. The fourth-order valence-corrected chi connectivity index (χ4v) is 2.88. The van der Waals surface area contributed by atoms with Crippen LogP contribution in [0.2, 0.25) is 5.02 Å².